The number of rotatable bonds is 1. The fourth-order valence-corrected chi connectivity index (χ4v) is 3.45. The Bertz CT molecular complexity index is 484. The van der Waals surface area contributed by atoms with Crippen molar-refractivity contribution in [2.45, 2.75) is 51.2 Å². The first-order chi connectivity index (χ1) is 9.08. The quantitative estimate of drug-likeness (QED) is 0.825. The first-order valence-electron chi connectivity index (χ1n) is 7.17. The molecule has 104 valence electrons. The van der Waals surface area contributed by atoms with E-state index >= 15 is 0 Å². The third kappa shape index (κ3) is 2.27. The van der Waals surface area contributed by atoms with Gasteiger partial charge in [-0.15, -0.1) is 0 Å². The number of carbonyl (C=O) groups is 1. The molecule has 0 saturated heterocycles. The van der Waals surface area contributed by atoms with Crippen molar-refractivity contribution in [1.82, 2.24) is 14.5 Å². The minimum Gasteiger partial charge on any atom is -0.332 e. The zero-order chi connectivity index (χ0) is 13.5. The van der Waals surface area contributed by atoms with E-state index in [1.165, 1.54) is 6.42 Å². The first-order valence-corrected chi connectivity index (χ1v) is 7.17. The smallest absolute Gasteiger partial charge is 0.243 e. The molecule has 0 spiro atoms. The largest absolute Gasteiger partial charge is 0.332 e. The van der Waals surface area contributed by atoms with Gasteiger partial charge in [0.05, 0.1) is 12.1 Å². The standard InChI is InChI=1S/C14H22N4O/c1-11-3-2-4-14(15,9-11)13(19)18-8-7-17-6-5-16-12(17)10-18/h5-6,11H,2-4,7-10,15H2,1H3. The van der Waals surface area contributed by atoms with Crippen LogP contribution in [0.15, 0.2) is 12.4 Å². The predicted octanol–water partition coefficient (Wildman–Crippen LogP) is 1.13. The summed E-state index contributed by atoms with van der Waals surface area (Å²) in [6.07, 6.45) is 7.66. The molecule has 1 saturated carbocycles. The number of carbonyl (C=O) groups excluding carboxylic acids is 1. The molecule has 0 bridgehead atoms. The van der Waals surface area contributed by atoms with Gasteiger partial charge in [-0.25, -0.2) is 4.98 Å². The zero-order valence-corrected chi connectivity index (χ0v) is 11.5. The minimum atomic E-state index is -0.646. The molecule has 1 aliphatic heterocycles. The number of nitrogens with zero attached hydrogens (tertiary/aromatic N) is 3. The second-order valence-electron chi connectivity index (χ2n) is 6.12. The predicted molar refractivity (Wildman–Crippen MR) is 72.2 cm³/mol. The topological polar surface area (TPSA) is 64.2 Å². The van der Waals surface area contributed by atoms with Crippen LogP contribution in [0, 0.1) is 5.92 Å². The lowest BCUT2D eigenvalue weighted by Gasteiger charge is -2.40. The molecule has 2 N–H and O–H groups in total. The molecule has 1 aromatic rings. The Kier molecular flexibility index (Phi) is 3.09. The van der Waals surface area contributed by atoms with Crippen molar-refractivity contribution >= 4 is 5.91 Å². The summed E-state index contributed by atoms with van der Waals surface area (Å²) >= 11 is 0. The van der Waals surface area contributed by atoms with Crippen LogP contribution in [0.1, 0.15) is 38.4 Å². The van der Waals surface area contributed by atoms with Gasteiger partial charge in [0.25, 0.3) is 0 Å². The van der Waals surface area contributed by atoms with Gasteiger partial charge < -0.3 is 15.2 Å². The van der Waals surface area contributed by atoms with Gasteiger partial charge in [0.2, 0.25) is 5.91 Å². The summed E-state index contributed by atoms with van der Waals surface area (Å²) in [7, 11) is 0. The Morgan fingerprint density at radius 1 is 1.53 bits per heavy atom. The summed E-state index contributed by atoms with van der Waals surface area (Å²) in [6, 6.07) is 0. The van der Waals surface area contributed by atoms with Crippen LogP contribution in [0.5, 0.6) is 0 Å². The van der Waals surface area contributed by atoms with Crippen molar-refractivity contribution in [2.75, 3.05) is 6.54 Å². The third-order valence-electron chi connectivity index (χ3n) is 4.49. The molecule has 2 unspecified atom stereocenters. The lowest BCUT2D eigenvalue weighted by Crippen LogP contribution is -2.58. The summed E-state index contributed by atoms with van der Waals surface area (Å²) in [5.41, 5.74) is 5.75. The van der Waals surface area contributed by atoms with Crippen molar-refractivity contribution in [3.63, 3.8) is 0 Å². The second kappa shape index (κ2) is 4.63. The van der Waals surface area contributed by atoms with Crippen molar-refractivity contribution < 1.29 is 4.79 Å². The monoisotopic (exact) mass is 262 g/mol. The van der Waals surface area contributed by atoms with E-state index in [4.69, 9.17) is 5.73 Å². The van der Waals surface area contributed by atoms with Gasteiger partial charge in [-0.3, -0.25) is 4.79 Å². The number of hydrogen-bond donors (Lipinski definition) is 1. The van der Waals surface area contributed by atoms with Crippen molar-refractivity contribution in [2.24, 2.45) is 11.7 Å². The number of imidazole rings is 1. The molecule has 1 aliphatic carbocycles. The number of hydrogen-bond acceptors (Lipinski definition) is 3. The Morgan fingerprint density at radius 2 is 2.37 bits per heavy atom. The van der Waals surface area contributed by atoms with E-state index in [2.05, 4.69) is 16.5 Å². The number of aromatic nitrogens is 2. The molecule has 2 atom stereocenters. The van der Waals surface area contributed by atoms with Crippen LogP contribution in [0.3, 0.4) is 0 Å². The summed E-state index contributed by atoms with van der Waals surface area (Å²) in [5.74, 6) is 1.63. The van der Waals surface area contributed by atoms with Crippen LogP contribution in [0.4, 0.5) is 0 Å². The average Bonchev–Trinajstić information content (AvgIpc) is 2.84. The van der Waals surface area contributed by atoms with E-state index in [0.717, 1.165) is 38.2 Å². The van der Waals surface area contributed by atoms with E-state index in [1.54, 1.807) is 6.20 Å². The Labute approximate surface area is 113 Å². The molecular formula is C14H22N4O. The van der Waals surface area contributed by atoms with Crippen molar-refractivity contribution in [3.05, 3.63) is 18.2 Å². The lowest BCUT2D eigenvalue weighted by molar-refractivity contribution is -0.140. The van der Waals surface area contributed by atoms with Gasteiger partial charge in [-0.05, 0) is 18.8 Å². The summed E-state index contributed by atoms with van der Waals surface area (Å²) in [5, 5.41) is 0. The van der Waals surface area contributed by atoms with Gasteiger partial charge in [0, 0.05) is 25.5 Å². The number of amides is 1. The van der Waals surface area contributed by atoms with Gasteiger partial charge in [0.15, 0.2) is 0 Å². The summed E-state index contributed by atoms with van der Waals surface area (Å²) in [6.45, 7) is 4.36. The van der Waals surface area contributed by atoms with Crippen LogP contribution >= 0.6 is 0 Å². The van der Waals surface area contributed by atoms with Crippen molar-refractivity contribution in [1.29, 1.82) is 0 Å². The molecule has 1 amide bonds. The van der Waals surface area contributed by atoms with E-state index in [0.29, 0.717) is 12.5 Å². The molecule has 3 rings (SSSR count). The van der Waals surface area contributed by atoms with E-state index in [-0.39, 0.29) is 5.91 Å². The second-order valence-corrected chi connectivity index (χ2v) is 6.12. The molecule has 0 radical (unpaired) electrons. The average molecular weight is 262 g/mol. The maximum absolute atomic E-state index is 12.7. The maximum Gasteiger partial charge on any atom is 0.243 e. The number of nitrogens with two attached hydrogens (primary N) is 1. The van der Waals surface area contributed by atoms with Gasteiger partial charge >= 0.3 is 0 Å². The van der Waals surface area contributed by atoms with Crippen LogP contribution in [-0.2, 0) is 17.9 Å². The minimum absolute atomic E-state index is 0.119. The number of fused-ring (bicyclic) bond motifs is 1. The van der Waals surface area contributed by atoms with Gasteiger partial charge in [-0.1, -0.05) is 19.8 Å². The lowest BCUT2D eigenvalue weighted by atomic mass is 9.76. The normalized spacial score (nSPS) is 31.1. The molecule has 1 fully saturated rings. The van der Waals surface area contributed by atoms with Crippen LogP contribution in [-0.4, -0.2) is 32.4 Å². The molecule has 2 heterocycles. The molecule has 1 aromatic heterocycles. The van der Waals surface area contributed by atoms with E-state index < -0.39 is 5.54 Å². The fraction of sp³-hybridized carbons (Fsp3) is 0.714. The highest BCUT2D eigenvalue weighted by atomic mass is 16.2. The van der Waals surface area contributed by atoms with Gasteiger partial charge in [0.1, 0.15) is 5.82 Å². The van der Waals surface area contributed by atoms with Gasteiger partial charge in [-0.2, -0.15) is 0 Å². The molecule has 5 heteroatoms. The highest BCUT2D eigenvalue weighted by Gasteiger charge is 2.41. The maximum atomic E-state index is 12.7. The third-order valence-corrected chi connectivity index (χ3v) is 4.49. The highest BCUT2D eigenvalue weighted by Crippen LogP contribution is 2.32. The Hall–Kier alpha value is -1.36. The zero-order valence-electron chi connectivity index (χ0n) is 11.5. The Morgan fingerprint density at radius 3 is 3.16 bits per heavy atom. The van der Waals surface area contributed by atoms with Crippen LogP contribution < -0.4 is 5.73 Å². The van der Waals surface area contributed by atoms with E-state index in [9.17, 15) is 4.79 Å². The molecule has 0 aromatic carbocycles. The summed E-state index contributed by atoms with van der Waals surface area (Å²) < 4.78 is 2.11. The Balaban J connectivity index is 1.74. The van der Waals surface area contributed by atoms with Crippen LogP contribution in [0.2, 0.25) is 0 Å². The molecule has 5 nitrogen and oxygen atoms in total. The SMILES string of the molecule is CC1CCCC(N)(C(=O)N2CCn3ccnc3C2)C1. The van der Waals surface area contributed by atoms with Crippen LogP contribution in [0.25, 0.3) is 0 Å². The highest BCUT2D eigenvalue weighted by molar-refractivity contribution is 5.86. The summed E-state index contributed by atoms with van der Waals surface area (Å²) in [4.78, 5) is 18.9. The molecule has 2 aliphatic rings. The first kappa shape index (κ1) is 12.7. The van der Waals surface area contributed by atoms with Crippen molar-refractivity contribution in [3.8, 4) is 0 Å². The fourth-order valence-electron chi connectivity index (χ4n) is 3.45. The van der Waals surface area contributed by atoms with E-state index in [1.807, 2.05) is 11.1 Å². The molecule has 19 heavy (non-hydrogen) atoms. The molecular weight excluding hydrogens is 240 g/mol.